The van der Waals surface area contributed by atoms with Crippen molar-refractivity contribution in [2.75, 3.05) is 0 Å². The van der Waals surface area contributed by atoms with Crippen LogP contribution in [0.25, 0.3) is 0 Å². The van der Waals surface area contributed by atoms with Crippen LogP contribution in [0.3, 0.4) is 0 Å². The first-order valence-electron chi connectivity index (χ1n) is 8.92. The largest absolute Gasteiger partial charge is 0.507 e. The van der Waals surface area contributed by atoms with Gasteiger partial charge in [0.15, 0.2) is 11.6 Å². The maximum atomic E-state index is 12.9. The molecular weight excluding hydrogens is 348 g/mol. The van der Waals surface area contributed by atoms with Gasteiger partial charge in [0.1, 0.15) is 5.75 Å². The average molecular weight is 367 g/mol. The summed E-state index contributed by atoms with van der Waals surface area (Å²) >= 11 is 5.96. The number of fused-ring (bicyclic) bond motifs is 1. The van der Waals surface area contributed by atoms with Crippen molar-refractivity contribution in [3.05, 3.63) is 75.8 Å². The second-order valence-electron chi connectivity index (χ2n) is 7.09. The predicted molar refractivity (Wildman–Crippen MR) is 101 cm³/mol. The fourth-order valence-electron chi connectivity index (χ4n) is 4.19. The summed E-state index contributed by atoms with van der Waals surface area (Å²) in [6.45, 7) is 0. The van der Waals surface area contributed by atoms with Crippen LogP contribution < -0.4 is 0 Å². The summed E-state index contributed by atoms with van der Waals surface area (Å²) < 4.78 is 0. The fourth-order valence-corrected chi connectivity index (χ4v) is 4.31. The lowest BCUT2D eigenvalue weighted by molar-refractivity contribution is 0.0967. The number of phenols is 1. The SMILES string of the molecule is O=C1C=C(C2CCC(c3ccc(Cl)cc3)CC2)C(=O)c2c(O)cccc21. The zero-order valence-electron chi connectivity index (χ0n) is 14.2. The molecule has 0 radical (unpaired) electrons. The highest BCUT2D eigenvalue weighted by Gasteiger charge is 2.34. The Balaban J connectivity index is 1.53. The van der Waals surface area contributed by atoms with Gasteiger partial charge in [0.25, 0.3) is 0 Å². The van der Waals surface area contributed by atoms with Crippen LogP contribution in [0, 0.1) is 5.92 Å². The number of benzene rings is 2. The van der Waals surface area contributed by atoms with Crippen molar-refractivity contribution >= 4 is 23.2 Å². The number of hydrogen-bond acceptors (Lipinski definition) is 3. The molecule has 3 nitrogen and oxygen atoms in total. The van der Waals surface area contributed by atoms with Gasteiger partial charge < -0.3 is 5.11 Å². The third-order valence-corrected chi connectivity index (χ3v) is 5.84. The molecule has 0 spiro atoms. The number of hydrogen-bond donors (Lipinski definition) is 1. The van der Waals surface area contributed by atoms with E-state index >= 15 is 0 Å². The van der Waals surface area contributed by atoms with E-state index in [9.17, 15) is 14.7 Å². The van der Waals surface area contributed by atoms with Gasteiger partial charge in [0, 0.05) is 16.2 Å². The minimum atomic E-state index is -0.201. The van der Waals surface area contributed by atoms with Gasteiger partial charge in [-0.05, 0) is 67.4 Å². The molecule has 0 amide bonds. The molecule has 2 aromatic rings. The summed E-state index contributed by atoms with van der Waals surface area (Å²) in [5.41, 5.74) is 2.29. The Kier molecular flexibility index (Phi) is 4.41. The molecule has 26 heavy (non-hydrogen) atoms. The number of Topliss-reactive ketones (excluding diaryl/α,β-unsaturated/α-hetero) is 1. The summed E-state index contributed by atoms with van der Waals surface area (Å²) in [7, 11) is 0. The third kappa shape index (κ3) is 2.97. The lowest BCUT2D eigenvalue weighted by Gasteiger charge is -2.31. The molecular formula is C22H19ClO3. The van der Waals surface area contributed by atoms with E-state index in [0.717, 1.165) is 30.7 Å². The van der Waals surface area contributed by atoms with Gasteiger partial charge >= 0.3 is 0 Å². The van der Waals surface area contributed by atoms with Gasteiger partial charge in [-0.1, -0.05) is 35.9 Å². The van der Waals surface area contributed by atoms with Crippen LogP contribution in [0.5, 0.6) is 5.75 Å². The van der Waals surface area contributed by atoms with Crippen LogP contribution >= 0.6 is 11.6 Å². The number of ketones is 2. The lowest BCUT2D eigenvalue weighted by atomic mass is 9.72. The van der Waals surface area contributed by atoms with Crippen molar-refractivity contribution in [3.8, 4) is 5.75 Å². The number of halogens is 1. The first-order chi connectivity index (χ1) is 12.5. The number of phenolic OH excluding ortho intramolecular Hbond substituents is 1. The van der Waals surface area contributed by atoms with Crippen molar-refractivity contribution in [2.45, 2.75) is 31.6 Å². The smallest absolute Gasteiger partial charge is 0.193 e. The van der Waals surface area contributed by atoms with Crippen LogP contribution in [0.2, 0.25) is 5.02 Å². The van der Waals surface area contributed by atoms with E-state index in [1.165, 1.54) is 17.7 Å². The Morgan fingerprint density at radius 1 is 0.885 bits per heavy atom. The van der Waals surface area contributed by atoms with Gasteiger partial charge in [-0.3, -0.25) is 9.59 Å². The summed E-state index contributed by atoms with van der Waals surface area (Å²) in [6.07, 6.45) is 5.15. The molecule has 0 atom stereocenters. The molecule has 2 aliphatic carbocycles. The van der Waals surface area contributed by atoms with E-state index < -0.39 is 0 Å². The summed E-state index contributed by atoms with van der Waals surface area (Å²) in [5, 5.41) is 10.8. The first-order valence-corrected chi connectivity index (χ1v) is 9.30. The van der Waals surface area contributed by atoms with Crippen molar-refractivity contribution in [1.29, 1.82) is 0 Å². The number of aromatic hydroxyl groups is 1. The molecule has 1 saturated carbocycles. The van der Waals surface area contributed by atoms with Crippen molar-refractivity contribution in [1.82, 2.24) is 0 Å². The van der Waals surface area contributed by atoms with Gasteiger partial charge in [0.2, 0.25) is 0 Å². The summed E-state index contributed by atoms with van der Waals surface area (Å²) in [6, 6.07) is 12.6. The lowest BCUT2D eigenvalue weighted by Crippen LogP contribution is -2.25. The van der Waals surface area contributed by atoms with Gasteiger partial charge in [-0.2, -0.15) is 0 Å². The van der Waals surface area contributed by atoms with Crippen molar-refractivity contribution in [3.63, 3.8) is 0 Å². The van der Waals surface area contributed by atoms with Crippen molar-refractivity contribution in [2.24, 2.45) is 5.92 Å². The molecule has 2 aromatic carbocycles. The van der Waals surface area contributed by atoms with Gasteiger partial charge in [-0.15, -0.1) is 0 Å². The normalized spacial score (nSPS) is 22.7. The second-order valence-corrected chi connectivity index (χ2v) is 7.53. The molecule has 0 aliphatic heterocycles. The van der Waals surface area contributed by atoms with E-state index in [1.54, 1.807) is 12.1 Å². The van der Waals surface area contributed by atoms with E-state index in [0.29, 0.717) is 17.1 Å². The van der Waals surface area contributed by atoms with Crippen LogP contribution in [0.4, 0.5) is 0 Å². The van der Waals surface area contributed by atoms with Crippen LogP contribution in [-0.2, 0) is 0 Å². The molecule has 0 unspecified atom stereocenters. The predicted octanol–water partition coefficient (Wildman–Crippen LogP) is 5.33. The molecule has 1 fully saturated rings. The molecule has 1 N–H and O–H groups in total. The van der Waals surface area contributed by atoms with E-state index in [-0.39, 0.29) is 28.8 Å². The Labute approximate surface area is 157 Å². The number of carbonyl (C=O) groups is 2. The molecule has 0 saturated heterocycles. The van der Waals surface area contributed by atoms with E-state index in [1.807, 2.05) is 12.1 Å². The quantitative estimate of drug-likeness (QED) is 0.782. The molecule has 0 heterocycles. The number of rotatable bonds is 2. The highest BCUT2D eigenvalue weighted by molar-refractivity contribution is 6.30. The van der Waals surface area contributed by atoms with E-state index in [2.05, 4.69) is 12.1 Å². The highest BCUT2D eigenvalue weighted by atomic mass is 35.5. The monoisotopic (exact) mass is 366 g/mol. The second kappa shape index (κ2) is 6.73. The van der Waals surface area contributed by atoms with Crippen LogP contribution in [0.1, 0.15) is 57.9 Å². The number of carbonyl (C=O) groups excluding carboxylic acids is 2. The highest BCUT2D eigenvalue weighted by Crippen LogP contribution is 2.41. The maximum Gasteiger partial charge on any atom is 0.193 e. The Morgan fingerprint density at radius 3 is 2.23 bits per heavy atom. The molecule has 4 heteroatoms. The fraction of sp³-hybridized carbons (Fsp3) is 0.273. The Morgan fingerprint density at radius 2 is 1.54 bits per heavy atom. The van der Waals surface area contributed by atoms with Crippen LogP contribution in [0.15, 0.2) is 54.1 Å². The molecule has 0 bridgehead atoms. The molecule has 0 aromatic heterocycles. The zero-order chi connectivity index (χ0) is 18.3. The zero-order valence-corrected chi connectivity index (χ0v) is 15.0. The maximum absolute atomic E-state index is 12.9. The van der Waals surface area contributed by atoms with Crippen molar-refractivity contribution < 1.29 is 14.7 Å². The first kappa shape index (κ1) is 17.0. The minimum Gasteiger partial charge on any atom is -0.507 e. The van der Waals surface area contributed by atoms with Crippen LogP contribution in [-0.4, -0.2) is 16.7 Å². The van der Waals surface area contributed by atoms with Gasteiger partial charge in [0.05, 0.1) is 5.56 Å². The molecule has 132 valence electrons. The number of allylic oxidation sites excluding steroid dienone is 2. The standard InChI is InChI=1S/C22H19ClO3/c23-16-10-8-14(9-11-16)13-4-6-15(7-5-13)18-12-20(25)17-2-1-3-19(24)21(17)22(18)26/h1-3,8-13,15,24H,4-7H2. The summed E-state index contributed by atoms with van der Waals surface area (Å²) in [5.74, 6) is 0.0289. The summed E-state index contributed by atoms with van der Waals surface area (Å²) in [4.78, 5) is 25.3. The average Bonchev–Trinajstić information content (AvgIpc) is 2.65. The topological polar surface area (TPSA) is 54.4 Å². The molecule has 4 rings (SSSR count). The minimum absolute atomic E-state index is 0.0720. The van der Waals surface area contributed by atoms with E-state index in [4.69, 9.17) is 11.6 Å². The Hall–Kier alpha value is -2.39. The third-order valence-electron chi connectivity index (χ3n) is 5.59. The van der Waals surface area contributed by atoms with Gasteiger partial charge in [-0.25, -0.2) is 0 Å². The Bertz CT molecular complexity index is 903. The molecule has 2 aliphatic rings.